The van der Waals surface area contributed by atoms with E-state index in [-0.39, 0.29) is 0 Å². The predicted octanol–water partition coefficient (Wildman–Crippen LogP) is 1.28. The zero-order valence-corrected chi connectivity index (χ0v) is 9.38. The van der Waals surface area contributed by atoms with Gasteiger partial charge in [-0.2, -0.15) is 0 Å². The predicted molar refractivity (Wildman–Crippen MR) is 55.8 cm³/mol. The maximum absolute atomic E-state index is 2.65. The fraction of sp³-hybridized carbons (Fsp3) is 1.00. The third kappa shape index (κ3) is 1.75. The number of hydrogen-bond donors (Lipinski definition) is 0. The number of likely N-dealkylation sites (tertiary alicyclic amines) is 2. The summed E-state index contributed by atoms with van der Waals surface area (Å²) in [5.41, 5.74) is 0.378. The van der Waals surface area contributed by atoms with Crippen LogP contribution < -0.4 is 0 Å². The highest BCUT2D eigenvalue weighted by Crippen LogP contribution is 2.33. The van der Waals surface area contributed by atoms with Crippen LogP contribution in [-0.4, -0.2) is 48.6 Å². The second-order valence-electron chi connectivity index (χ2n) is 5.82. The molecule has 2 fully saturated rings. The van der Waals surface area contributed by atoms with Crippen molar-refractivity contribution in [1.82, 2.24) is 9.80 Å². The Morgan fingerprint density at radius 3 is 1.77 bits per heavy atom. The van der Waals surface area contributed by atoms with Crippen molar-refractivity contribution in [3.8, 4) is 0 Å². The molecule has 0 aromatic rings. The van der Waals surface area contributed by atoms with Crippen LogP contribution in [0, 0.1) is 11.8 Å². The van der Waals surface area contributed by atoms with Crippen LogP contribution in [0.4, 0.5) is 0 Å². The van der Waals surface area contributed by atoms with Gasteiger partial charge in [-0.25, -0.2) is 0 Å². The molecule has 2 unspecified atom stereocenters. The molecule has 0 saturated carbocycles. The van der Waals surface area contributed by atoms with Crippen LogP contribution in [0.5, 0.6) is 0 Å². The quantitative estimate of drug-likeness (QED) is 0.557. The molecular weight excluding hydrogens is 160 g/mol. The summed E-state index contributed by atoms with van der Waals surface area (Å²) in [6.07, 6.45) is 0. The van der Waals surface area contributed by atoms with Crippen LogP contribution in [0.3, 0.4) is 0 Å². The molecule has 0 spiro atoms. The van der Waals surface area contributed by atoms with Gasteiger partial charge in [0.15, 0.2) is 0 Å². The molecule has 2 nitrogen and oxygen atoms in total. The Labute approximate surface area is 81.9 Å². The summed E-state index contributed by atoms with van der Waals surface area (Å²) in [4.78, 5) is 5.13. The van der Waals surface area contributed by atoms with Gasteiger partial charge in [0.2, 0.25) is 0 Å². The van der Waals surface area contributed by atoms with Crippen LogP contribution in [0.1, 0.15) is 20.8 Å². The van der Waals surface area contributed by atoms with Crippen molar-refractivity contribution < 1.29 is 0 Å². The molecule has 0 radical (unpaired) electrons. The van der Waals surface area contributed by atoms with Gasteiger partial charge in [0.25, 0.3) is 0 Å². The molecule has 0 aromatic heterocycles. The van der Waals surface area contributed by atoms with Crippen LogP contribution in [0.15, 0.2) is 0 Å². The first-order valence-electron chi connectivity index (χ1n) is 5.40. The fourth-order valence-electron chi connectivity index (χ4n) is 2.78. The molecular formula is C11H22N2. The van der Waals surface area contributed by atoms with Crippen molar-refractivity contribution in [2.24, 2.45) is 11.8 Å². The molecule has 0 amide bonds. The highest BCUT2D eigenvalue weighted by Gasteiger charge is 2.41. The van der Waals surface area contributed by atoms with Gasteiger partial charge in [0.1, 0.15) is 0 Å². The highest BCUT2D eigenvalue weighted by atomic mass is 15.3. The van der Waals surface area contributed by atoms with E-state index in [0.29, 0.717) is 5.54 Å². The number of nitrogens with zero attached hydrogens (tertiary/aromatic N) is 2. The molecule has 2 aliphatic heterocycles. The van der Waals surface area contributed by atoms with Gasteiger partial charge in [0.05, 0.1) is 0 Å². The summed E-state index contributed by atoms with van der Waals surface area (Å²) in [5.74, 6) is 1.90. The minimum absolute atomic E-state index is 0.378. The van der Waals surface area contributed by atoms with Crippen molar-refractivity contribution in [1.29, 1.82) is 0 Å². The van der Waals surface area contributed by atoms with E-state index < -0.39 is 0 Å². The molecule has 0 aliphatic carbocycles. The molecule has 0 N–H and O–H groups in total. The molecule has 2 heterocycles. The van der Waals surface area contributed by atoms with Crippen molar-refractivity contribution in [2.75, 3.05) is 33.2 Å². The van der Waals surface area contributed by atoms with E-state index >= 15 is 0 Å². The topological polar surface area (TPSA) is 6.48 Å². The Hall–Kier alpha value is -0.0800. The Bertz CT molecular complexity index is 181. The monoisotopic (exact) mass is 182 g/mol. The Morgan fingerprint density at radius 2 is 1.38 bits per heavy atom. The van der Waals surface area contributed by atoms with Gasteiger partial charge in [-0.3, -0.25) is 4.90 Å². The van der Waals surface area contributed by atoms with Gasteiger partial charge in [-0.1, -0.05) is 0 Å². The third-order valence-corrected chi connectivity index (χ3v) is 3.62. The standard InChI is InChI=1S/C11H22N2/c1-11(2,3)13-7-9-5-12(4)6-10(9)8-13/h9-10H,5-8H2,1-4H3. The van der Waals surface area contributed by atoms with E-state index in [1.165, 1.54) is 26.2 Å². The smallest absolute Gasteiger partial charge is 0.0125 e. The normalized spacial score (nSPS) is 36.9. The van der Waals surface area contributed by atoms with E-state index in [9.17, 15) is 0 Å². The van der Waals surface area contributed by atoms with Gasteiger partial charge in [0, 0.05) is 31.7 Å². The van der Waals surface area contributed by atoms with E-state index in [1.54, 1.807) is 0 Å². The molecule has 2 saturated heterocycles. The third-order valence-electron chi connectivity index (χ3n) is 3.62. The first-order chi connectivity index (χ1) is 5.97. The summed E-state index contributed by atoms with van der Waals surface area (Å²) in [5, 5.41) is 0. The van der Waals surface area contributed by atoms with Gasteiger partial charge in [-0.05, 0) is 39.7 Å². The number of hydrogen-bond acceptors (Lipinski definition) is 2. The molecule has 2 aliphatic rings. The zero-order valence-electron chi connectivity index (χ0n) is 9.38. The lowest BCUT2D eigenvalue weighted by Crippen LogP contribution is -2.41. The van der Waals surface area contributed by atoms with Crippen LogP contribution >= 0.6 is 0 Å². The zero-order chi connectivity index (χ0) is 9.64. The van der Waals surface area contributed by atoms with Crippen molar-refractivity contribution >= 4 is 0 Å². The first-order valence-corrected chi connectivity index (χ1v) is 5.40. The summed E-state index contributed by atoms with van der Waals surface area (Å²) in [6.45, 7) is 12.3. The van der Waals surface area contributed by atoms with Crippen molar-refractivity contribution in [3.05, 3.63) is 0 Å². The molecule has 2 atom stereocenters. The second kappa shape index (κ2) is 2.96. The van der Waals surface area contributed by atoms with Crippen LogP contribution in [0.25, 0.3) is 0 Å². The van der Waals surface area contributed by atoms with Crippen LogP contribution in [-0.2, 0) is 0 Å². The van der Waals surface area contributed by atoms with Crippen LogP contribution in [0.2, 0.25) is 0 Å². The van der Waals surface area contributed by atoms with Crippen molar-refractivity contribution in [3.63, 3.8) is 0 Å². The lowest BCUT2D eigenvalue weighted by molar-refractivity contribution is 0.153. The SMILES string of the molecule is CN1CC2CN(C(C)(C)C)CC2C1. The van der Waals surface area contributed by atoms with E-state index in [4.69, 9.17) is 0 Å². The van der Waals surface area contributed by atoms with Gasteiger partial charge >= 0.3 is 0 Å². The molecule has 0 aromatic carbocycles. The number of fused-ring (bicyclic) bond motifs is 1. The lowest BCUT2D eigenvalue weighted by Gasteiger charge is -2.32. The first kappa shape index (κ1) is 9.47. The average molecular weight is 182 g/mol. The molecule has 13 heavy (non-hydrogen) atoms. The maximum Gasteiger partial charge on any atom is 0.0125 e. The average Bonchev–Trinajstić information content (AvgIpc) is 2.40. The Morgan fingerprint density at radius 1 is 0.923 bits per heavy atom. The molecule has 0 bridgehead atoms. The van der Waals surface area contributed by atoms with Gasteiger partial charge in [-0.15, -0.1) is 0 Å². The Kier molecular flexibility index (Phi) is 2.16. The molecule has 76 valence electrons. The highest BCUT2D eigenvalue weighted by molar-refractivity contribution is 4.95. The maximum atomic E-state index is 2.65. The van der Waals surface area contributed by atoms with E-state index in [2.05, 4.69) is 37.6 Å². The summed E-state index contributed by atoms with van der Waals surface area (Å²) in [7, 11) is 2.25. The summed E-state index contributed by atoms with van der Waals surface area (Å²) < 4.78 is 0. The Balaban J connectivity index is 1.98. The minimum atomic E-state index is 0.378. The largest absolute Gasteiger partial charge is 0.306 e. The minimum Gasteiger partial charge on any atom is -0.306 e. The number of rotatable bonds is 0. The fourth-order valence-corrected chi connectivity index (χ4v) is 2.78. The lowest BCUT2D eigenvalue weighted by atomic mass is 10.0. The van der Waals surface area contributed by atoms with Crippen molar-refractivity contribution in [2.45, 2.75) is 26.3 Å². The molecule has 2 heteroatoms. The second-order valence-corrected chi connectivity index (χ2v) is 5.82. The molecule has 2 rings (SSSR count). The van der Waals surface area contributed by atoms with E-state index in [1.807, 2.05) is 0 Å². The van der Waals surface area contributed by atoms with Gasteiger partial charge < -0.3 is 4.90 Å². The van der Waals surface area contributed by atoms with E-state index in [0.717, 1.165) is 11.8 Å². The summed E-state index contributed by atoms with van der Waals surface area (Å²) >= 11 is 0. The summed E-state index contributed by atoms with van der Waals surface area (Å²) in [6, 6.07) is 0.